The van der Waals surface area contributed by atoms with Crippen LogP contribution in [-0.2, 0) is 6.54 Å². The third-order valence-electron chi connectivity index (χ3n) is 4.15. The topological polar surface area (TPSA) is 15.3 Å². The lowest BCUT2D eigenvalue weighted by Gasteiger charge is -2.32. The molecule has 2 heteroatoms. The van der Waals surface area contributed by atoms with E-state index in [2.05, 4.69) is 55.4 Å². The fourth-order valence-corrected chi connectivity index (χ4v) is 3.02. The van der Waals surface area contributed by atoms with E-state index in [-0.39, 0.29) is 0 Å². The van der Waals surface area contributed by atoms with Gasteiger partial charge in [-0.2, -0.15) is 0 Å². The van der Waals surface area contributed by atoms with E-state index in [1.807, 2.05) is 0 Å². The third-order valence-corrected chi connectivity index (χ3v) is 4.15. The Morgan fingerprint density at radius 3 is 2.63 bits per heavy atom. The molecule has 0 bridgehead atoms. The van der Waals surface area contributed by atoms with Crippen molar-refractivity contribution in [2.75, 3.05) is 26.7 Å². The van der Waals surface area contributed by atoms with Crippen LogP contribution in [0.2, 0.25) is 0 Å². The molecule has 0 saturated carbocycles. The number of benzene rings is 1. The van der Waals surface area contributed by atoms with Gasteiger partial charge < -0.3 is 5.32 Å². The van der Waals surface area contributed by atoms with Gasteiger partial charge in [0.2, 0.25) is 0 Å². The Bertz CT molecular complexity index is 367. The van der Waals surface area contributed by atoms with Gasteiger partial charge >= 0.3 is 0 Å². The summed E-state index contributed by atoms with van der Waals surface area (Å²) in [7, 11) is 2.06. The Kier molecular flexibility index (Phi) is 5.41. The minimum atomic E-state index is 0.629. The number of likely N-dealkylation sites (tertiary alicyclic amines) is 1. The predicted molar refractivity (Wildman–Crippen MR) is 82.5 cm³/mol. The average molecular weight is 260 g/mol. The lowest BCUT2D eigenvalue weighted by atomic mass is 9.97. The van der Waals surface area contributed by atoms with Crippen molar-refractivity contribution < 1.29 is 0 Å². The van der Waals surface area contributed by atoms with Gasteiger partial charge in [0, 0.05) is 13.1 Å². The zero-order valence-corrected chi connectivity index (χ0v) is 12.7. The summed E-state index contributed by atoms with van der Waals surface area (Å²) in [6.07, 6.45) is 2.72. The van der Waals surface area contributed by atoms with E-state index >= 15 is 0 Å². The van der Waals surface area contributed by atoms with Crippen LogP contribution in [0.25, 0.3) is 0 Å². The molecule has 0 spiro atoms. The van der Waals surface area contributed by atoms with Crippen LogP contribution in [0, 0.1) is 5.92 Å². The second-order valence-electron chi connectivity index (χ2n) is 6.20. The molecule has 1 N–H and O–H groups in total. The molecular weight excluding hydrogens is 232 g/mol. The number of hydrogen-bond donors (Lipinski definition) is 1. The summed E-state index contributed by atoms with van der Waals surface area (Å²) in [6, 6.07) is 9.18. The van der Waals surface area contributed by atoms with Gasteiger partial charge in [0.1, 0.15) is 0 Å². The van der Waals surface area contributed by atoms with Crippen LogP contribution < -0.4 is 5.32 Å². The van der Waals surface area contributed by atoms with Gasteiger partial charge in [-0.05, 0) is 55.9 Å². The van der Waals surface area contributed by atoms with Crippen LogP contribution in [0.15, 0.2) is 24.3 Å². The largest absolute Gasteiger partial charge is 0.319 e. The normalized spacial score (nSPS) is 20.9. The molecule has 1 aliphatic rings. The summed E-state index contributed by atoms with van der Waals surface area (Å²) >= 11 is 0. The quantitative estimate of drug-likeness (QED) is 0.874. The average Bonchev–Trinajstić information content (AvgIpc) is 2.40. The summed E-state index contributed by atoms with van der Waals surface area (Å²) in [4.78, 5) is 2.61. The van der Waals surface area contributed by atoms with Crippen LogP contribution in [0.1, 0.15) is 43.7 Å². The van der Waals surface area contributed by atoms with Crippen molar-refractivity contribution in [1.29, 1.82) is 0 Å². The van der Waals surface area contributed by atoms with Gasteiger partial charge in [-0.3, -0.25) is 4.90 Å². The zero-order chi connectivity index (χ0) is 13.7. The van der Waals surface area contributed by atoms with Gasteiger partial charge in [-0.25, -0.2) is 0 Å². The van der Waals surface area contributed by atoms with Gasteiger partial charge in [-0.15, -0.1) is 0 Å². The van der Waals surface area contributed by atoms with E-state index in [1.54, 1.807) is 0 Å². The maximum Gasteiger partial charge on any atom is 0.0233 e. The molecule has 1 atom stereocenters. The number of hydrogen-bond acceptors (Lipinski definition) is 2. The lowest BCUT2D eigenvalue weighted by Crippen LogP contribution is -2.38. The Balaban J connectivity index is 1.89. The monoisotopic (exact) mass is 260 g/mol. The summed E-state index contributed by atoms with van der Waals surface area (Å²) in [5.41, 5.74) is 2.89. The minimum absolute atomic E-state index is 0.629. The number of nitrogens with zero attached hydrogens (tertiary/aromatic N) is 1. The smallest absolute Gasteiger partial charge is 0.0233 e. The molecule has 1 unspecified atom stereocenters. The molecule has 1 aliphatic heterocycles. The van der Waals surface area contributed by atoms with Crippen LogP contribution in [0.5, 0.6) is 0 Å². The maximum atomic E-state index is 3.32. The summed E-state index contributed by atoms with van der Waals surface area (Å²) in [5, 5.41) is 3.32. The van der Waals surface area contributed by atoms with Crippen molar-refractivity contribution in [1.82, 2.24) is 10.2 Å². The highest BCUT2D eigenvalue weighted by molar-refractivity contribution is 5.24. The van der Waals surface area contributed by atoms with Gasteiger partial charge in [-0.1, -0.05) is 38.1 Å². The van der Waals surface area contributed by atoms with E-state index in [9.17, 15) is 0 Å². The molecule has 0 radical (unpaired) electrons. The molecule has 1 saturated heterocycles. The Labute approximate surface area is 118 Å². The van der Waals surface area contributed by atoms with Crippen LogP contribution in [-0.4, -0.2) is 31.6 Å². The molecule has 1 aromatic rings. The molecule has 0 amide bonds. The molecule has 106 valence electrons. The molecule has 19 heavy (non-hydrogen) atoms. The predicted octanol–water partition coefficient (Wildman–Crippen LogP) is 3.24. The minimum Gasteiger partial charge on any atom is -0.319 e. The Morgan fingerprint density at radius 1 is 1.26 bits per heavy atom. The first-order valence-corrected chi connectivity index (χ1v) is 7.65. The van der Waals surface area contributed by atoms with Crippen LogP contribution in [0.4, 0.5) is 0 Å². The van der Waals surface area contributed by atoms with Crippen molar-refractivity contribution in [3.05, 3.63) is 35.4 Å². The standard InChI is InChI=1S/C17H28N2/c1-14(2)17-8-6-15(7-9-17)12-19-10-4-5-16(13-19)11-18-3/h6-9,14,16,18H,4-5,10-13H2,1-3H3. The van der Waals surface area contributed by atoms with Crippen LogP contribution >= 0.6 is 0 Å². The van der Waals surface area contributed by atoms with Crippen LogP contribution in [0.3, 0.4) is 0 Å². The molecule has 1 heterocycles. The third kappa shape index (κ3) is 4.32. The lowest BCUT2D eigenvalue weighted by molar-refractivity contribution is 0.167. The fraction of sp³-hybridized carbons (Fsp3) is 0.647. The van der Waals surface area contributed by atoms with E-state index < -0.39 is 0 Å². The van der Waals surface area contributed by atoms with E-state index in [0.29, 0.717) is 5.92 Å². The van der Waals surface area contributed by atoms with E-state index in [0.717, 1.165) is 19.0 Å². The first kappa shape index (κ1) is 14.5. The van der Waals surface area contributed by atoms with Gasteiger partial charge in [0.25, 0.3) is 0 Å². The van der Waals surface area contributed by atoms with Crippen molar-refractivity contribution >= 4 is 0 Å². The van der Waals surface area contributed by atoms with Crippen molar-refractivity contribution in [2.45, 2.75) is 39.2 Å². The molecule has 2 nitrogen and oxygen atoms in total. The Hall–Kier alpha value is -0.860. The van der Waals surface area contributed by atoms with Crippen molar-refractivity contribution in [3.63, 3.8) is 0 Å². The molecule has 0 aliphatic carbocycles. The first-order valence-electron chi connectivity index (χ1n) is 7.65. The van der Waals surface area contributed by atoms with Gasteiger partial charge in [0.05, 0.1) is 0 Å². The highest BCUT2D eigenvalue weighted by Gasteiger charge is 2.19. The molecule has 2 rings (SSSR count). The maximum absolute atomic E-state index is 3.32. The summed E-state index contributed by atoms with van der Waals surface area (Å²) < 4.78 is 0. The van der Waals surface area contributed by atoms with E-state index in [1.165, 1.54) is 37.1 Å². The zero-order valence-electron chi connectivity index (χ0n) is 12.7. The highest BCUT2D eigenvalue weighted by atomic mass is 15.1. The Morgan fingerprint density at radius 2 is 2.00 bits per heavy atom. The summed E-state index contributed by atoms with van der Waals surface area (Å²) in [5.74, 6) is 1.46. The highest BCUT2D eigenvalue weighted by Crippen LogP contribution is 2.19. The number of rotatable bonds is 5. The van der Waals surface area contributed by atoms with Gasteiger partial charge in [0.15, 0.2) is 0 Å². The van der Waals surface area contributed by atoms with Crippen molar-refractivity contribution in [3.8, 4) is 0 Å². The molecule has 1 aromatic carbocycles. The molecule has 0 aromatic heterocycles. The van der Waals surface area contributed by atoms with Crippen molar-refractivity contribution in [2.24, 2.45) is 5.92 Å². The fourth-order valence-electron chi connectivity index (χ4n) is 3.02. The summed E-state index contributed by atoms with van der Waals surface area (Å²) in [6.45, 7) is 9.27. The number of nitrogens with one attached hydrogen (secondary N) is 1. The molecular formula is C17H28N2. The second kappa shape index (κ2) is 7.06. The molecule has 1 fully saturated rings. The van der Waals surface area contributed by atoms with E-state index in [4.69, 9.17) is 0 Å². The SMILES string of the molecule is CNCC1CCCN(Cc2ccc(C(C)C)cc2)C1. The second-order valence-corrected chi connectivity index (χ2v) is 6.20. The first-order chi connectivity index (χ1) is 9.19. The number of piperidine rings is 1.